The van der Waals surface area contributed by atoms with Gasteiger partial charge in [0.15, 0.2) is 6.10 Å². The zero-order valence-electron chi connectivity index (χ0n) is 13.7. The number of aromatic nitrogens is 1. The lowest BCUT2D eigenvalue weighted by atomic mass is 10.2. The van der Waals surface area contributed by atoms with Crippen molar-refractivity contribution in [3.63, 3.8) is 0 Å². The summed E-state index contributed by atoms with van der Waals surface area (Å²) < 4.78 is 31.4. The topological polar surface area (TPSA) is 83.2 Å². The van der Waals surface area contributed by atoms with Crippen molar-refractivity contribution in [2.75, 3.05) is 0 Å². The maximum absolute atomic E-state index is 13.2. The van der Waals surface area contributed by atoms with Crippen LogP contribution in [-0.2, 0) is 4.79 Å². The minimum atomic E-state index is -0.919. The van der Waals surface area contributed by atoms with Crippen LogP contribution in [0.4, 0.5) is 8.78 Å². The third-order valence-corrected chi connectivity index (χ3v) is 3.62. The molecule has 1 heterocycles. The number of rotatable bonds is 4. The van der Waals surface area contributed by atoms with Gasteiger partial charge in [0.2, 0.25) is 0 Å². The Labute approximate surface area is 147 Å². The zero-order chi connectivity index (χ0) is 18.7. The van der Waals surface area contributed by atoms with Gasteiger partial charge in [-0.1, -0.05) is 0 Å². The van der Waals surface area contributed by atoms with Gasteiger partial charge in [0.25, 0.3) is 11.8 Å². The number of aromatic amines is 1. The number of H-pyrrole nitrogens is 1. The molecule has 0 aliphatic carbocycles. The quantitative estimate of drug-likeness (QED) is 0.627. The summed E-state index contributed by atoms with van der Waals surface area (Å²) in [7, 11) is 0. The second kappa shape index (κ2) is 7.22. The molecule has 0 saturated heterocycles. The number of hydrogen-bond donors (Lipinski definition) is 3. The summed E-state index contributed by atoms with van der Waals surface area (Å²) in [6.45, 7) is 1.48. The monoisotopic (exact) mass is 359 g/mol. The highest BCUT2D eigenvalue weighted by Crippen LogP contribution is 2.16. The lowest BCUT2D eigenvalue weighted by Gasteiger charge is -2.14. The second-order valence-electron chi connectivity index (χ2n) is 5.57. The van der Waals surface area contributed by atoms with Gasteiger partial charge in [-0.25, -0.2) is 8.78 Å². The van der Waals surface area contributed by atoms with Gasteiger partial charge in [-0.15, -0.1) is 0 Å². The van der Waals surface area contributed by atoms with E-state index in [0.717, 1.165) is 0 Å². The summed E-state index contributed by atoms with van der Waals surface area (Å²) in [6.07, 6.45) is -0.919. The van der Waals surface area contributed by atoms with Crippen LogP contribution >= 0.6 is 0 Å². The van der Waals surface area contributed by atoms with Gasteiger partial charge in [-0.05, 0) is 55.5 Å². The normalized spacial score (nSPS) is 11.8. The molecular weight excluding hydrogens is 344 g/mol. The molecule has 0 saturated carbocycles. The van der Waals surface area contributed by atoms with Crippen LogP contribution in [0.15, 0.2) is 48.5 Å². The molecule has 0 aliphatic heterocycles. The van der Waals surface area contributed by atoms with E-state index in [0.29, 0.717) is 16.7 Å². The minimum Gasteiger partial charge on any atom is -0.481 e. The number of halogens is 2. The number of hydrogen-bond acceptors (Lipinski definition) is 3. The Hall–Kier alpha value is -3.42. The van der Waals surface area contributed by atoms with E-state index in [-0.39, 0.29) is 5.69 Å². The Bertz CT molecular complexity index is 954. The van der Waals surface area contributed by atoms with Crippen LogP contribution in [-0.4, -0.2) is 22.9 Å². The molecule has 2 amide bonds. The summed E-state index contributed by atoms with van der Waals surface area (Å²) in [5, 5.41) is 0.537. The average molecular weight is 359 g/mol. The Balaban J connectivity index is 1.57. The molecule has 1 unspecified atom stereocenters. The molecule has 3 rings (SSSR count). The molecule has 0 radical (unpaired) electrons. The first-order chi connectivity index (χ1) is 12.4. The molecule has 0 fully saturated rings. The molecule has 0 bridgehead atoms. The lowest BCUT2D eigenvalue weighted by Crippen LogP contribution is -2.47. The molecule has 3 N–H and O–H groups in total. The van der Waals surface area contributed by atoms with Gasteiger partial charge in [-0.3, -0.25) is 20.4 Å². The lowest BCUT2D eigenvalue weighted by molar-refractivity contribution is -0.128. The summed E-state index contributed by atoms with van der Waals surface area (Å²) >= 11 is 0. The number of carbonyl (C=O) groups excluding carboxylic acids is 2. The van der Waals surface area contributed by atoms with Crippen molar-refractivity contribution in [2.24, 2.45) is 0 Å². The van der Waals surface area contributed by atoms with E-state index in [4.69, 9.17) is 4.74 Å². The third-order valence-electron chi connectivity index (χ3n) is 3.62. The number of hydrazine groups is 1. The summed E-state index contributed by atoms with van der Waals surface area (Å²) in [5.41, 5.74) is 5.24. The third kappa shape index (κ3) is 3.97. The van der Waals surface area contributed by atoms with Crippen molar-refractivity contribution in [1.82, 2.24) is 15.8 Å². The highest BCUT2D eigenvalue weighted by molar-refractivity contribution is 5.98. The van der Waals surface area contributed by atoms with E-state index in [9.17, 15) is 18.4 Å². The molecular formula is C18H15F2N3O3. The molecule has 8 heteroatoms. The SMILES string of the molecule is CC(Oc1ccc(F)cc1)C(=O)NNC(=O)c1cc2cc(F)ccc2[nH]1. The van der Waals surface area contributed by atoms with Gasteiger partial charge in [0.05, 0.1) is 0 Å². The molecule has 1 aromatic heterocycles. The first kappa shape index (κ1) is 17.4. The van der Waals surface area contributed by atoms with Crippen LogP contribution in [0.5, 0.6) is 5.75 Å². The Morgan fingerprint density at radius 1 is 1.00 bits per heavy atom. The van der Waals surface area contributed by atoms with Gasteiger partial charge in [-0.2, -0.15) is 0 Å². The maximum atomic E-state index is 13.2. The largest absolute Gasteiger partial charge is 0.481 e. The Morgan fingerprint density at radius 3 is 2.42 bits per heavy atom. The zero-order valence-corrected chi connectivity index (χ0v) is 13.7. The van der Waals surface area contributed by atoms with Crippen LogP contribution in [0.25, 0.3) is 10.9 Å². The van der Waals surface area contributed by atoms with E-state index in [1.165, 1.54) is 55.5 Å². The van der Waals surface area contributed by atoms with E-state index in [1.807, 2.05) is 0 Å². The standard InChI is InChI=1S/C18H15F2N3O3/c1-10(26-14-5-2-12(19)3-6-14)17(24)22-23-18(25)16-9-11-8-13(20)4-7-15(11)21-16/h2-10,21H,1H3,(H,22,24)(H,23,25). The number of nitrogens with one attached hydrogen (secondary N) is 3. The fourth-order valence-electron chi connectivity index (χ4n) is 2.28. The first-order valence-electron chi connectivity index (χ1n) is 7.73. The van der Waals surface area contributed by atoms with Crippen molar-refractivity contribution >= 4 is 22.7 Å². The Kier molecular flexibility index (Phi) is 4.83. The number of amides is 2. The summed E-state index contributed by atoms with van der Waals surface area (Å²) in [6, 6.07) is 10.7. The molecule has 2 aromatic carbocycles. The van der Waals surface area contributed by atoms with Gasteiger partial charge < -0.3 is 9.72 Å². The number of carbonyl (C=O) groups is 2. The highest BCUT2D eigenvalue weighted by atomic mass is 19.1. The number of fused-ring (bicyclic) bond motifs is 1. The smallest absolute Gasteiger partial charge is 0.286 e. The van der Waals surface area contributed by atoms with Gasteiger partial charge >= 0.3 is 0 Å². The van der Waals surface area contributed by atoms with Crippen molar-refractivity contribution in [1.29, 1.82) is 0 Å². The fourth-order valence-corrected chi connectivity index (χ4v) is 2.28. The van der Waals surface area contributed by atoms with E-state index >= 15 is 0 Å². The molecule has 6 nitrogen and oxygen atoms in total. The van der Waals surface area contributed by atoms with E-state index in [1.54, 1.807) is 0 Å². The maximum Gasteiger partial charge on any atom is 0.286 e. The average Bonchev–Trinajstić information content (AvgIpc) is 3.04. The minimum absolute atomic E-state index is 0.165. The Morgan fingerprint density at radius 2 is 1.69 bits per heavy atom. The van der Waals surface area contributed by atoms with Crippen LogP contribution in [0.2, 0.25) is 0 Å². The van der Waals surface area contributed by atoms with Crippen molar-refractivity contribution in [3.05, 3.63) is 65.9 Å². The van der Waals surface area contributed by atoms with E-state index in [2.05, 4.69) is 15.8 Å². The summed E-state index contributed by atoms with van der Waals surface area (Å²) in [5.74, 6) is -1.70. The molecule has 0 spiro atoms. The van der Waals surface area contributed by atoms with Crippen molar-refractivity contribution < 1.29 is 23.1 Å². The second-order valence-corrected chi connectivity index (χ2v) is 5.57. The van der Waals surface area contributed by atoms with E-state index < -0.39 is 29.6 Å². The van der Waals surface area contributed by atoms with Crippen LogP contribution < -0.4 is 15.6 Å². The molecule has 134 valence electrons. The number of ether oxygens (including phenoxy) is 1. The molecule has 1 atom stereocenters. The van der Waals surface area contributed by atoms with Crippen LogP contribution in [0.3, 0.4) is 0 Å². The van der Waals surface area contributed by atoms with Gasteiger partial charge in [0.1, 0.15) is 23.1 Å². The van der Waals surface area contributed by atoms with Gasteiger partial charge in [0, 0.05) is 10.9 Å². The predicted molar refractivity (Wildman–Crippen MR) is 90.4 cm³/mol. The fraction of sp³-hybridized carbons (Fsp3) is 0.111. The summed E-state index contributed by atoms with van der Waals surface area (Å²) in [4.78, 5) is 26.9. The predicted octanol–water partition coefficient (Wildman–Crippen LogP) is 2.67. The van der Waals surface area contributed by atoms with Crippen LogP contribution in [0, 0.1) is 11.6 Å². The van der Waals surface area contributed by atoms with Crippen molar-refractivity contribution in [2.45, 2.75) is 13.0 Å². The van der Waals surface area contributed by atoms with Crippen LogP contribution in [0.1, 0.15) is 17.4 Å². The first-order valence-corrected chi connectivity index (χ1v) is 7.73. The molecule has 26 heavy (non-hydrogen) atoms. The highest BCUT2D eigenvalue weighted by Gasteiger charge is 2.17. The number of benzene rings is 2. The molecule has 3 aromatic rings. The molecule has 0 aliphatic rings. The van der Waals surface area contributed by atoms with Crippen molar-refractivity contribution in [3.8, 4) is 5.75 Å².